The summed E-state index contributed by atoms with van der Waals surface area (Å²) >= 11 is 0. The van der Waals surface area contributed by atoms with Crippen molar-refractivity contribution in [3.63, 3.8) is 0 Å². The zero-order valence-corrected chi connectivity index (χ0v) is 18.5. The lowest BCUT2D eigenvalue weighted by molar-refractivity contribution is -0.112. The second-order valence-electron chi connectivity index (χ2n) is 7.51. The highest BCUT2D eigenvalue weighted by Crippen LogP contribution is 2.25. The second-order valence-corrected chi connectivity index (χ2v) is 7.51. The number of ether oxygens (including phenoxy) is 1. The van der Waals surface area contributed by atoms with E-state index >= 15 is 0 Å². The number of anilines is 1. The highest BCUT2D eigenvalue weighted by Gasteiger charge is 2.13. The van der Waals surface area contributed by atoms with E-state index in [1.165, 1.54) is 18.2 Å². The molecule has 172 valence electrons. The number of carboxylic acids is 1. The first-order chi connectivity index (χ1) is 17.0. The highest BCUT2D eigenvalue weighted by molar-refractivity contribution is 6.09. The van der Waals surface area contributed by atoms with Gasteiger partial charge in [0.15, 0.2) is 0 Å². The van der Waals surface area contributed by atoms with Crippen LogP contribution < -0.4 is 10.1 Å². The lowest BCUT2D eigenvalue weighted by Gasteiger charge is -2.08. The van der Waals surface area contributed by atoms with Crippen molar-refractivity contribution in [2.24, 2.45) is 0 Å². The van der Waals surface area contributed by atoms with Crippen LogP contribution in [-0.2, 0) is 11.4 Å². The Bertz CT molecular complexity index is 1410. The van der Waals surface area contributed by atoms with Crippen molar-refractivity contribution in [2.45, 2.75) is 6.61 Å². The van der Waals surface area contributed by atoms with Crippen LogP contribution in [0.25, 0.3) is 17.4 Å². The summed E-state index contributed by atoms with van der Waals surface area (Å²) in [7, 11) is 0. The van der Waals surface area contributed by atoms with Gasteiger partial charge in [-0.1, -0.05) is 42.5 Å². The van der Waals surface area contributed by atoms with Gasteiger partial charge in [0.05, 0.1) is 5.56 Å². The molecule has 0 aliphatic carbocycles. The summed E-state index contributed by atoms with van der Waals surface area (Å²) in [6.45, 7) is 0.430. The number of amides is 1. The normalized spacial score (nSPS) is 10.9. The smallest absolute Gasteiger partial charge is 0.335 e. The fraction of sp³-hybridized carbons (Fsp3) is 0.0357. The Labute approximate surface area is 201 Å². The molecule has 4 rings (SSSR count). The van der Waals surface area contributed by atoms with Gasteiger partial charge in [-0.25, -0.2) is 4.79 Å². The molecule has 0 saturated carbocycles. The maximum absolute atomic E-state index is 12.6. The van der Waals surface area contributed by atoms with Gasteiger partial charge in [0.2, 0.25) is 0 Å². The summed E-state index contributed by atoms with van der Waals surface area (Å²) in [5.41, 5.74) is 2.11. The minimum Gasteiger partial charge on any atom is -0.489 e. The molecule has 0 saturated heterocycles. The average molecular weight is 464 g/mol. The maximum Gasteiger partial charge on any atom is 0.335 e. The van der Waals surface area contributed by atoms with Crippen molar-refractivity contribution in [3.8, 4) is 23.1 Å². The lowest BCUT2D eigenvalue weighted by atomic mass is 10.1. The van der Waals surface area contributed by atoms with Gasteiger partial charge < -0.3 is 19.6 Å². The molecule has 7 nitrogen and oxygen atoms in total. The monoisotopic (exact) mass is 464 g/mol. The molecule has 35 heavy (non-hydrogen) atoms. The zero-order valence-electron chi connectivity index (χ0n) is 18.5. The molecular formula is C28H20N2O5. The number of hydrogen-bond donors (Lipinski definition) is 2. The van der Waals surface area contributed by atoms with E-state index in [1.54, 1.807) is 48.5 Å². The SMILES string of the molecule is N#C/C(=C\c1ccc(-c2cccc(C(=O)O)c2)o1)C(=O)Nc1ccc(OCc2ccccc2)cc1. The molecule has 1 heterocycles. The number of furan rings is 1. The zero-order chi connectivity index (χ0) is 24.6. The van der Waals surface area contributed by atoms with Gasteiger partial charge >= 0.3 is 5.97 Å². The topological polar surface area (TPSA) is 113 Å². The number of hydrogen-bond acceptors (Lipinski definition) is 5. The van der Waals surface area contributed by atoms with Crippen LogP contribution in [0.15, 0.2) is 101 Å². The molecule has 1 amide bonds. The van der Waals surface area contributed by atoms with E-state index in [0.717, 1.165) is 5.56 Å². The Kier molecular flexibility index (Phi) is 7.05. The van der Waals surface area contributed by atoms with Gasteiger partial charge in [-0.2, -0.15) is 5.26 Å². The molecule has 4 aromatic rings. The van der Waals surface area contributed by atoms with Crippen LogP contribution in [0, 0.1) is 11.3 Å². The highest BCUT2D eigenvalue weighted by atomic mass is 16.5. The number of nitrogens with one attached hydrogen (secondary N) is 1. The summed E-state index contributed by atoms with van der Waals surface area (Å²) in [4.78, 5) is 23.8. The van der Waals surface area contributed by atoms with Crippen LogP contribution in [0.1, 0.15) is 21.7 Å². The van der Waals surface area contributed by atoms with E-state index in [2.05, 4.69) is 5.32 Å². The van der Waals surface area contributed by atoms with Crippen molar-refractivity contribution >= 4 is 23.6 Å². The van der Waals surface area contributed by atoms with Gasteiger partial charge in [-0.3, -0.25) is 4.79 Å². The third kappa shape index (κ3) is 6.03. The van der Waals surface area contributed by atoms with E-state index in [1.807, 2.05) is 36.4 Å². The van der Waals surface area contributed by atoms with Crippen LogP contribution in [0.2, 0.25) is 0 Å². The first kappa shape index (κ1) is 23.1. The van der Waals surface area contributed by atoms with Crippen LogP contribution in [0.5, 0.6) is 5.75 Å². The predicted molar refractivity (Wildman–Crippen MR) is 131 cm³/mol. The number of rotatable bonds is 8. The van der Waals surface area contributed by atoms with Crippen LogP contribution in [-0.4, -0.2) is 17.0 Å². The molecule has 3 aromatic carbocycles. The van der Waals surface area contributed by atoms with E-state index in [0.29, 0.717) is 29.4 Å². The van der Waals surface area contributed by atoms with Gasteiger partial charge in [0.25, 0.3) is 5.91 Å². The van der Waals surface area contributed by atoms with Crippen molar-refractivity contribution in [2.75, 3.05) is 5.32 Å². The standard InChI is InChI=1S/C28H20N2O5/c29-17-22(16-25-13-14-26(35-25)20-7-4-8-21(15-20)28(32)33)27(31)30-23-9-11-24(12-10-23)34-18-19-5-2-1-3-6-19/h1-16H,18H2,(H,30,31)(H,32,33)/b22-16+. The molecule has 0 atom stereocenters. The van der Waals surface area contributed by atoms with Crippen molar-refractivity contribution < 1.29 is 23.8 Å². The van der Waals surface area contributed by atoms with Gasteiger partial charge in [-0.15, -0.1) is 0 Å². The molecule has 0 spiro atoms. The number of aromatic carboxylic acids is 1. The molecule has 0 aliphatic rings. The van der Waals surface area contributed by atoms with E-state index in [9.17, 15) is 14.9 Å². The second kappa shape index (κ2) is 10.7. The molecule has 0 radical (unpaired) electrons. The fourth-order valence-corrected chi connectivity index (χ4v) is 3.26. The van der Waals surface area contributed by atoms with E-state index < -0.39 is 11.9 Å². The third-order valence-electron chi connectivity index (χ3n) is 5.03. The average Bonchev–Trinajstić information content (AvgIpc) is 3.36. The summed E-state index contributed by atoms with van der Waals surface area (Å²) in [6.07, 6.45) is 1.33. The molecule has 0 fully saturated rings. The third-order valence-corrected chi connectivity index (χ3v) is 5.03. The summed E-state index contributed by atoms with van der Waals surface area (Å²) < 4.78 is 11.4. The van der Waals surface area contributed by atoms with Crippen molar-refractivity contribution in [1.82, 2.24) is 0 Å². The summed E-state index contributed by atoms with van der Waals surface area (Å²) in [6, 6.07) is 28.0. The van der Waals surface area contributed by atoms with Gasteiger partial charge in [0.1, 0.15) is 35.5 Å². The molecule has 2 N–H and O–H groups in total. The minimum atomic E-state index is -1.04. The van der Waals surface area contributed by atoms with E-state index in [-0.39, 0.29) is 16.9 Å². The summed E-state index contributed by atoms with van der Waals surface area (Å²) in [5.74, 6) is -0.271. The number of carboxylic acid groups (broad SMARTS) is 1. The Hall–Kier alpha value is -5.09. The molecule has 0 bridgehead atoms. The van der Waals surface area contributed by atoms with Crippen LogP contribution >= 0.6 is 0 Å². The molecule has 1 aromatic heterocycles. The quantitative estimate of drug-likeness (QED) is 0.253. The molecule has 7 heteroatoms. The predicted octanol–water partition coefficient (Wildman–Crippen LogP) is 5.77. The van der Waals surface area contributed by atoms with Gasteiger partial charge in [0, 0.05) is 17.3 Å². The molecular weight excluding hydrogens is 444 g/mol. The van der Waals surface area contributed by atoms with Crippen LogP contribution in [0.4, 0.5) is 5.69 Å². The number of nitriles is 1. The Morgan fingerprint density at radius 3 is 2.46 bits per heavy atom. The van der Waals surface area contributed by atoms with Crippen molar-refractivity contribution in [1.29, 1.82) is 5.26 Å². The first-order valence-electron chi connectivity index (χ1n) is 10.7. The number of benzene rings is 3. The first-order valence-corrected chi connectivity index (χ1v) is 10.7. The van der Waals surface area contributed by atoms with Gasteiger partial charge in [-0.05, 0) is 54.1 Å². The van der Waals surface area contributed by atoms with E-state index in [4.69, 9.17) is 14.3 Å². The largest absolute Gasteiger partial charge is 0.489 e. The maximum atomic E-state index is 12.6. The Morgan fingerprint density at radius 1 is 0.971 bits per heavy atom. The lowest BCUT2D eigenvalue weighted by Crippen LogP contribution is -2.13. The minimum absolute atomic E-state index is 0.129. The number of carbonyl (C=O) groups excluding carboxylic acids is 1. The fourth-order valence-electron chi connectivity index (χ4n) is 3.26. The number of carbonyl (C=O) groups is 2. The number of nitrogens with zero attached hydrogens (tertiary/aromatic N) is 1. The Balaban J connectivity index is 1.41. The Morgan fingerprint density at radius 2 is 1.74 bits per heavy atom. The molecule has 0 unspecified atom stereocenters. The van der Waals surface area contributed by atoms with Crippen molar-refractivity contribution in [3.05, 3.63) is 113 Å². The van der Waals surface area contributed by atoms with Crippen LogP contribution in [0.3, 0.4) is 0 Å². The summed E-state index contributed by atoms with van der Waals surface area (Å²) in [5, 5.41) is 21.3. The molecule has 0 aliphatic heterocycles.